The Kier molecular flexibility index (Phi) is 7.64. The lowest BCUT2D eigenvalue weighted by atomic mass is 10.2. The highest BCUT2D eigenvalue weighted by molar-refractivity contribution is 6.40. The van der Waals surface area contributed by atoms with Crippen molar-refractivity contribution >= 4 is 11.7 Å². The van der Waals surface area contributed by atoms with Gasteiger partial charge in [-0.25, -0.2) is 0 Å². The molecular weight excluding hydrogens is 320 g/mol. The lowest BCUT2D eigenvalue weighted by Crippen LogP contribution is -2.23. The van der Waals surface area contributed by atoms with E-state index >= 15 is 0 Å². The van der Waals surface area contributed by atoms with Crippen molar-refractivity contribution in [2.45, 2.75) is 51.1 Å². The highest BCUT2D eigenvalue weighted by Crippen LogP contribution is 2.15. The smallest absolute Gasteiger partial charge is 0.226 e. The van der Waals surface area contributed by atoms with Crippen molar-refractivity contribution in [1.29, 1.82) is 0 Å². The molecule has 130 valence electrons. The van der Waals surface area contributed by atoms with Gasteiger partial charge in [-0.15, -0.1) is 0 Å². The molecule has 2 heterocycles. The zero-order valence-corrected chi connectivity index (χ0v) is 13.0. The molecule has 2 atom stereocenters. The van der Waals surface area contributed by atoms with Crippen LogP contribution in [0.15, 0.2) is 20.5 Å². The van der Waals surface area contributed by atoms with Gasteiger partial charge >= 0.3 is 0 Å². The molecule has 0 saturated carbocycles. The molecule has 0 amide bonds. The van der Waals surface area contributed by atoms with Crippen LogP contribution in [0.5, 0.6) is 0 Å². The Hall–Kier alpha value is -2.52. The van der Waals surface area contributed by atoms with Gasteiger partial charge in [0.2, 0.25) is 12.6 Å². The van der Waals surface area contributed by atoms with E-state index in [0.29, 0.717) is 26.1 Å². The Labute approximate surface area is 137 Å². The third kappa shape index (κ3) is 5.94. The van der Waals surface area contributed by atoms with E-state index in [1.807, 2.05) is 0 Å². The van der Waals surface area contributed by atoms with E-state index < -0.39 is 12.6 Å². The molecule has 0 aromatic carbocycles. The van der Waals surface area contributed by atoms with E-state index in [0.717, 1.165) is 25.7 Å². The van der Waals surface area contributed by atoms with Gasteiger partial charge < -0.3 is 19.1 Å². The van der Waals surface area contributed by atoms with Crippen molar-refractivity contribution in [2.24, 2.45) is 20.5 Å². The first kappa shape index (κ1) is 17.8. The van der Waals surface area contributed by atoms with Crippen molar-refractivity contribution in [3.8, 4) is 0 Å². The first-order chi connectivity index (χ1) is 11.8. The third-order valence-electron chi connectivity index (χ3n) is 3.27. The Morgan fingerprint density at radius 1 is 0.792 bits per heavy atom. The summed E-state index contributed by atoms with van der Waals surface area (Å²) in [6.07, 6.45) is 4.02. The average molecular weight is 338 g/mol. The second-order valence-corrected chi connectivity index (χ2v) is 5.01. The number of nitrogens with zero attached hydrogens (tertiary/aromatic N) is 8. The van der Waals surface area contributed by atoms with Gasteiger partial charge in [0.05, 0.1) is 13.2 Å². The van der Waals surface area contributed by atoms with Crippen molar-refractivity contribution in [3.63, 3.8) is 0 Å². The molecule has 0 aliphatic carbocycles. The Bertz CT molecular complexity index is 505. The molecule has 2 rings (SSSR count). The number of hydrogen-bond donors (Lipinski definition) is 0. The van der Waals surface area contributed by atoms with Crippen LogP contribution in [0, 0.1) is 0 Å². The minimum Gasteiger partial charge on any atom is -0.363 e. The molecule has 12 nitrogen and oxygen atoms in total. The highest BCUT2D eigenvalue weighted by atomic mass is 16.8. The van der Waals surface area contributed by atoms with Gasteiger partial charge in [-0.2, -0.15) is 0 Å². The van der Waals surface area contributed by atoms with Gasteiger partial charge in [0, 0.05) is 22.7 Å². The third-order valence-corrected chi connectivity index (χ3v) is 3.27. The zero-order valence-electron chi connectivity index (χ0n) is 13.0. The largest absolute Gasteiger partial charge is 0.363 e. The molecular formula is C12H18N8O4. The van der Waals surface area contributed by atoms with Crippen LogP contribution in [0.4, 0.5) is 0 Å². The van der Waals surface area contributed by atoms with Crippen molar-refractivity contribution in [2.75, 3.05) is 13.2 Å². The van der Waals surface area contributed by atoms with E-state index in [1.165, 1.54) is 0 Å². The van der Waals surface area contributed by atoms with Crippen LogP contribution in [0.2, 0.25) is 0 Å². The van der Waals surface area contributed by atoms with Crippen LogP contribution in [0.3, 0.4) is 0 Å². The second kappa shape index (κ2) is 10.3. The molecule has 0 N–H and O–H groups in total. The summed E-state index contributed by atoms with van der Waals surface area (Å²) in [7, 11) is 0. The van der Waals surface area contributed by atoms with E-state index in [-0.39, 0.29) is 11.7 Å². The van der Waals surface area contributed by atoms with Crippen LogP contribution in [-0.2, 0) is 19.1 Å². The first-order valence-corrected chi connectivity index (χ1v) is 7.65. The quantitative estimate of drug-likeness (QED) is 0.192. The molecule has 12 heteroatoms. The van der Waals surface area contributed by atoms with Crippen molar-refractivity contribution in [1.82, 2.24) is 0 Å². The topological polar surface area (TPSA) is 159 Å². The maximum absolute atomic E-state index is 8.64. The lowest BCUT2D eigenvalue weighted by Gasteiger charge is -2.20. The summed E-state index contributed by atoms with van der Waals surface area (Å²) < 4.78 is 10.7. The van der Waals surface area contributed by atoms with Gasteiger partial charge in [-0.1, -0.05) is 10.3 Å². The van der Waals surface area contributed by atoms with Gasteiger partial charge in [0.25, 0.3) is 0 Å². The van der Waals surface area contributed by atoms with Gasteiger partial charge in [0.15, 0.2) is 11.7 Å². The molecule has 0 aromatic rings. The molecule has 24 heavy (non-hydrogen) atoms. The van der Waals surface area contributed by atoms with E-state index in [9.17, 15) is 0 Å². The molecule has 0 radical (unpaired) electrons. The van der Waals surface area contributed by atoms with Crippen LogP contribution < -0.4 is 0 Å². The average Bonchev–Trinajstić information content (AvgIpc) is 2.64. The maximum Gasteiger partial charge on any atom is 0.226 e. The number of hydrogen-bond acceptors (Lipinski definition) is 6. The minimum absolute atomic E-state index is 0.347. The normalized spacial score (nSPS) is 25.2. The molecule has 2 aliphatic rings. The van der Waals surface area contributed by atoms with Crippen LogP contribution in [0.1, 0.15) is 38.5 Å². The fourth-order valence-electron chi connectivity index (χ4n) is 2.10. The van der Waals surface area contributed by atoms with E-state index in [2.05, 4.69) is 30.4 Å². The standard InChI is InChI=1S/C12H18N8O4/c13-19-15-11(17-23-9-5-1-3-7-21-9)12(16-20-14)18-24-10-6-2-4-8-22-10/h9-10H,1-8H2/b17-11-,18-12-. The van der Waals surface area contributed by atoms with Crippen molar-refractivity contribution in [3.05, 3.63) is 20.9 Å². The zero-order chi connectivity index (χ0) is 17.0. The van der Waals surface area contributed by atoms with Crippen LogP contribution in [0.25, 0.3) is 20.9 Å². The molecule has 2 unspecified atom stereocenters. The molecule has 0 spiro atoms. The second-order valence-electron chi connectivity index (χ2n) is 5.01. The molecule has 2 fully saturated rings. The monoisotopic (exact) mass is 338 g/mol. The summed E-state index contributed by atoms with van der Waals surface area (Å²) in [5.41, 5.74) is 17.3. The number of azide groups is 2. The SMILES string of the molecule is [N-]=[N+]=NC(=N\OC1CCCCO1)/C(N=[N+]=[N-])=N/OC1CCCCO1. The van der Waals surface area contributed by atoms with E-state index in [1.54, 1.807) is 0 Å². The fourth-order valence-corrected chi connectivity index (χ4v) is 2.10. The van der Waals surface area contributed by atoms with Gasteiger partial charge in [-0.05, 0) is 47.0 Å². The number of amidine groups is 2. The predicted molar refractivity (Wildman–Crippen MR) is 82.5 cm³/mol. The Morgan fingerprint density at radius 3 is 1.58 bits per heavy atom. The summed E-state index contributed by atoms with van der Waals surface area (Å²) >= 11 is 0. The molecule has 2 saturated heterocycles. The van der Waals surface area contributed by atoms with Gasteiger partial charge in [-0.3, -0.25) is 0 Å². The Morgan fingerprint density at radius 2 is 1.25 bits per heavy atom. The summed E-state index contributed by atoms with van der Waals surface area (Å²) in [5, 5.41) is 14.0. The van der Waals surface area contributed by atoms with E-state index in [4.69, 9.17) is 30.2 Å². The minimum atomic E-state index is -0.544. The molecule has 2 aliphatic heterocycles. The predicted octanol–water partition coefficient (Wildman–Crippen LogP) is 3.32. The first-order valence-electron chi connectivity index (χ1n) is 7.65. The summed E-state index contributed by atoms with van der Waals surface area (Å²) in [5.74, 6) is -0.694. The van der Waals surface area contributed by atoms with Crippen molar-refractivity contribution < 1.29 is 19.1 Å². The number of rotatable bonds is 4. The summed E-state index contributed by atoms with van der Waals surface area (Å²) in [4.78, 5) is 15.6. The number of ether oxygens (including phenoxy) is 2. The molecule has 0 aromatic heterocycles. The lowest BCUT2D eigenvalue weighted by molar-refractivity contribution is -0.163. The van der Waals surface area contributed by atoms with Crippen LogP contribution >= 0.6 is 0 Å². The highest BCUT2D eigenvalue weighted by Gasteiger charge is 2.18. The van der Waals surface area contributed by atoms with Gasteiger partial charge in [0.1, 0.15) is 0 Å². The Balaban J connectivity index is 2.06. The maximum atomic E-state index is 8.64. The fraction of sp³-hybridized carbons (Fsp3) is 0.833. The number of oxime groups is 2. The van der Waals surface area contributed by atoms with Crippen LogP contribution in [-0.4, -0.2) is 37.5 Å². The summed E-state index contributed by atoms with van der Waals surface area (Å²) in [6.45, 7) is 1.13. The summed E-state index contributed by atoms with van der Waals surface area (Å²) in [6, 6.07) is 0. The molecule has 0 bridgehead atoms.